The number of hydrogen-bond acceptors (Lipinski definition) is 6. The molecule has 1 heterocycles. The number of aromatic nitrogens is 3. The lowest BCUT2D eigenvalue weighted by Crippen LogP contribution is -2.14. The van der Waals surface area contributed by atoms with Gasteiger partial charge < -0.3 is 4.74 Å². The van der Waals surface area contributed by atoms with Gasteiger partial charge >= 0.3 is 0 Å². The molecular formula is C13H11N5O2. The molecule has 0 saturated carbocycles. The molecule has 0 amide bonds. The van der Waals surface area contributed by atoms with Gasteiger partial charge in [-0.25, -0.2) is 10.1 Å². The van der Waals surface area contributed by atoms with E-state index in [4.69, 9.17) is 10.00 Å². The van der Waals surface area contributed by atoms with Crippen molar-refractivity contribution in [1.29, 1.82) is 5.26 Å². The predicted octanol–water partition coefficient (Wildman–Crippen LogP) is 1.54. The van der Waals surface area contributed by atoms with E-state index in [9.17, 15) is 4.79 Å². The number of nitrogens with zero attached hydrogens (tertiary/aromatic N) is 4. The zero-order valence-corrected chi connectivity index (χ0v) is 10.6. The molecule has 0 aliphatic carbocycles. The molecule has 0 aliphatic heterocycles. The van der Waals surface area contributed by atoms with Crippen molar-refractivity contribution in [3.05, 3.63) is 36.2 Å². The van der Waals surface area contributed by atoms with E-state index in [1.807, 2.05) is 6.07 Å². The summed E-state index contributed by atoms with van der Waals surface area (Å²) in [5, 5.41) is 15.2. The lowest BCUT2D eigenvalue weighted by atomic mass is 10.00. The number of carbonyl (C=O) groups excluding carboxylic acids is 1. The molecule has 20 heavy (non-hydrogen) atoms. The van der Waals surface area contributed by atoms with E-state index in [0.717, 1.165) is 0 Å². The van der Waals surface area contributed by atoms with Crippen LogP contribution in [-0.2, 0) is 0 Å². The number of H-pyrrole nitrogens is 1. The number of benzene rings is 1. The highest BCUT2D eigenvalue weighted by Gasteiger charge is 2.17. The molecule has 0 unspecified atom stereocenters. The Morgan fingerprint density at radius 2 is 2.25 bits per heavy atom. The van der Waals surface area contributed by atoms with Gasteiger partial charge in [0.05, 0.1) is 13.2 Å². The van der Waals surface area contributed by atoms with Gasteiger partial charge in [0.25, 0.3) is 0 Å². The molecule has 7 nitrogen and oxygen atoms in total. The van der Waals surface area contributed by atoms with E-state index in [0.29, 0.717) is 11.3 Å². The molecular weight excluding hydrogens is 258 g/mol. The van der Waals surface area contributed by atoms with Crippen LogP contribution in [0.2, 0.25) is 0 Å². The molecule has 1 N–H and O–H groups in total. The summed E-state index contributed by atoms with van der Waals surface area (Å²) >= 11 is 0. The van der Waals surface area contributed by atoms with E-state index in [-0.39, 0.29) is 11.7 Å². The monoisotopic (exact) mass is 269 g/mol. The number of Topliss-reactive ketones (excluding diaryl/α,β-unsaturated/α-hetero) is 1. The molecule has 7 heteroatoms. The molecule has 1 aromatic heterocycles. The fourth-order valence-corrected chi connectivity index (χ4v) is 1.50. The zero-order chi connectivity index (χ0) is 14.4. The summed E-state index contributed by atoms with van der Waals surface area (Å²) in [6.45, 7) is 0. The average molecular weight is 269 g/mol. The number of ketones is 1. The largest absolute Gasteiger partial charge is 0.497 e. The molecule has 2 rings (SSSR count). The topological polar surface area (TPSA) is 104 Å². The molecule has 0 radical (unpaired) electrons. The van der Waals surface area contributed by atoms with E-state index >= 15 is 0 Å². The van der Waals surface area contributed by atoms with Crippen molar-refractivity contribution in [2.45, 2.75) is 0 Å². The smallest absolute Gasteiger partial charge is 0.244 e. The molecule has 1 atom stereocenters. The minimum Gasteiger partial charge on any atom is -0.497 e. The van der Waals surface area contributed by atoms with Gasteiger partial charge in [0.1, 0.15) is 18.0 Å². The first-order chi connectivity index (χ1) is 9.74. The number of nitrogens with one attached hydrogen (secondary N) is 1. The maximum atomic E-state index is 12.1. The second kappa shape index (κ2) is 6.24. The molecule has 1 aromatic carbocycles. The fourth-order valence-electron chi connectivity index (χ4n) is 1.50. The van der Waals surface area contributed by atoms with Gasteiger partial charge in [-0.1, -0.05) is 0 Å². The summed E-state index contributed by atoms with van der Waals surface area (Å²) in [6.07, 6.45) is 2.53. The summed E-state index contributed by atoms with van der Waals surface area (Å²) in [5.74, 6) is -0.426. The van der Waals surface area contributed by atoms with Crippen LogP contribution in [0.5, 0.6) is 5.75 Å². The predicted molar refractivity (Wildman–Crippen MR) is 71.0 cm³/mol. The van der Waals surface area contributed by atoms with Crippen LogP contribution in [0.15, 0.2) is 35.6 Å². The summed E-state index contributed by atoms with van der Waals surface area (Å²) < 4.78 is 5.01. The van der Waals surface area contributed by atoms with Gasteiger partial charge in [-0.05, 0) is 24.3 Å². The van der Waals surface area contributed by atoms with Gasteiger partial charge in [-0.15, -0.1) is 0 Å². The van der Waals surface area contributed by atoms with Crippen LogP contribution in [-0.4, -0.2) is 34.3 Å². The van der Waals surface area contributed by atoms with Crippen molar-refractivity contribution >= 4 is 17.9 Å². The Labute approximate surface area is 114 Å². The van der Waals surface area contributed by atoms with Crippen LogP contribution in [0.25, 0.3) is 0 Å². The van der Waals surface area contributed by atoms with Crippen molar-refractivity contribution in [2.24, 2.45) is 10.9 Å². The van der Waals surface area contributed by atoms with Gasteiger partial charge in [-0.2, -0.15) is 15.3 Å². The minimum absolute atomic E-state index is 0.243. The Bertz CT molecular complexity index is 640. The number of aromatic amines is 1. The van der Waals surface area contributed by atoms with Gasteiger partial charge in [0.15, 0.2) is 5.78 Å². The minimum atomic E-state index is -0.978. The Balaban J connectivity index is 2.14. The number of methoxy groups -OCH3 is 1. The van der Waals surface area contributed by atoms with Crippen molar-refractivity contribution in [1.82, 2.24) is 15.2 Å². The third kappa shape index (κ3) is 3.05. The summed E-state index contributed by atoms with van der Waals surface area (Å²) in [6, 6.07) is 8.43. The average Bonchev–Trinajstić information content (AvgIpc) is 3.01. The molecule has 0 bridgehead atoms. The standard InChI is InChI=1S/C13H11N5O2/c1-20-11-4-2-9(3-5-11)12(19)10(6-14)7-15-13-16-8-17-18-13/h2-5,7-8,10H,1H3,(H,16,17,18)/t10-/m1/s1. The first-order valence-corrected chi connectivity index (χ1v) is 5.72. The highest BCUT2D eigenvalue weighted by Crippen LogP contribution is 2.14. The normalized spacial score (nSPS) is 12.0. The third-order valence-electron chi connectivity index (χ3n) is 2.54. The van der Waals surface area contributed by atoms with Crippen molar-refractivity contribution < 1.29 is 9.53 Å². The molecule has 100 valence electrons. The van der Waals surface area contributed by atoms with Crippen LogP contribution < -0.4 is 4.74 Å². The number of carbonyl (C=O) groups is 1. The summed E-state index contributed by atoms with van der Waals surface area (Å²) in [7, 11) is 1.54. The SMILES string of the molecule is COc1ccc(C(=O)[C@H](C#N)C=Nc2ncn[nH]2)cc1. The zero-order valence-electron chi connectivity index (χ0n) is 10.6. The van der Waals surface area contributed by atoms with Crippen LogP contribution in [0.1, 0.15) is 10.4 Å². The van der Waals surface area contributed by atoms with Crippen LogP contribution >= 0.6 is 0 Å². The highest BCUT2D eigenvalue weighted by molar-refractivity contribution is 6.08. The van der Waals surface area contributed by atoms with Crippen molar-refractivity contribution in [3.8, 4) is 11.8 Å². The van der Waals surface area contributed by atoms with Gasteiger partial charge in [0.2, 0.25) is 5.95 Å². The molecule has 0 saturated heterocycles. The Morgan fingerprint density at radius 1 is 1.50 bits per heavy atom. The first-order valence-electron chi connectivity index (χ1n) is 5.72. The second-order valence-corrected chi connectivity index (χ2v) is 3.79. The number of nitriles is 1. The maximum Gasteiger partial charge on any atom is 0.244 e. The van der Waals surface area contributed by atoms with E-state index in [1.54, 1.807) is 31.4 Å². The quantitative estimate of drug-likeness (QED) is 0.654. The number of hydrogen-bond donors (Lipinski definition) is 1. The molecule has 0 aliphatic rings. The third-order valence-corrected chi connectivity index (χ3v) is 2.54. The van der Waals surface area contributed by atoms with Gasteiger partial charge in [-0.3, -0.25) is 4.79 Å². The molecule has 0 spiro atoms. The van der Waals surface area contributed by atoms with Crippen molar-refractivity contribution in [3.63, 3.8) is 0 Å². The van der Waals surface area contributed by atoms with Crippen LogP contribution in [0.4, 0.5) is 5.95 Å². The number of ether oxygens (including phenoxy) is 1. The maximum absolute atomic E-state index is 12.1. The van der Waals surface area contributed by atoms with Gasteiger partial charge in [0, 0.05) is 11.8 Å². The summed E-state index contributed by atoms with van der Waals surface area (Å²) in [4.78, 5) is 19.8. The summed E-state index contributed by atoms with van der Waals surface area (Å²) in [5.41, 5.74) is 0.418. The molecule has 0 fully saturated rings. The Morgan fingerprint density at radius 3 is 2.80 bits per heavy atom. The lowest BCUT2D eigenvalue weighted by molar-refractivity contribution is 0.0976. The fraction of sp³-hybridized carbons (Fsp3) is 0.154. The number of aliphatic imine (C=N–C) groups is 1. The number of rotatable bonds is 5. The molecule has 2 aromatic rings. The van der Waals surface area contributed by atoms with E-state index in [1.165, 1.54) is 12.5 Å². The second-order valence-electron chi connectivity index (χ2n) is 3.79. The van der Waals surface area contributed by atoms with Crippen molar-refractivity contribution in [2.75, 3.05) is 7.11 Å². The van der Waals surface area contributed by atoms with E-state index < -0.39 is 5.92 Å². The van der Waals surface area contributed by atoms with E-state index in [2.05, 4.69) is 20.2 Å². The van der Waals surface area contributed by atoms with Crippen LogP contribution in [0.3, 0.4) is 0 Å². The highest BCUT2D eigenvalue weighted by atomic mass is 16.5. The Hall–Kier alpha value is -3.01. The first kappa shape index (κ1) is 13.4. The van der Waals surface area contributed by atoms with Crippen LogP contribution in [0, 0.1) is 17.2 Å². The Kier molecular flexibility index (Phi) is 4.19. The lowest BCUT2D eigenvalue weighted by Gasteiger charge is -2.04.